The number of hydrogen-bond donors (Lipinski definition) is 4. The number of nitrogens with two attached hydrogens (primary N) is 1. The fourth-order valence-electron chi connectivity index (χ4n) is 13.6. The van der Waals surface area contributed by atoms with Crippen molar-refractivity contribution in [3.8, 4) is 33.3 Å². The molecule has 0 radical (unpaired) electrons. The maximum absolute atomic E-state index is 14.5. The van der Waals surface area contributed by atoms with Gasteiger partial charge in [0.15, 0.2) is 17.4 Å². The van der Waals surface area contributed by atoms with E-state index in [1.54, 1.807) is 28.4 Å². The first-order valence-electron chi connectivity index (χ1n) is 29.8. The summed E-state index contributed by atoms with van der Waals surface area (Å²) >= 11 is 1.61. The minimum atomic E-state index is -0.803. The number of fused-ring (bicyclic) bond motifs is 2. The number of carbonyl (C=O) groups excluding carboxylic acids is 2. The third-order valence-corrected chi connectivity index (χ3v) is 19.2. The molecule has 2 bridgehead atoms. The number of piperazine rings is 1. The molecule has 82 heavy (non-hydrogen) atoms. The highest BCUT2D eigenvalue weighted by atomic mass is 32.1. The zero-order chi connectivity index (χ0) is 56.6. The number of nitrogen functional groups attached to an aromatic ring is 1. The van der Waals surface area contributed by atoms with Crippen molar-refractivity contribution in [1.82, 2.24) is 40.4 Å². The lowest BCUT2D eigenvalue weighted by Crippen LogP contribution is -2.54. The number of aromatic hydroxyl groups is 1. The number of amides is 2. The monoisotopic (exact) mass is 1130 g/mol. The van der Waals surface area contributed by atoms with Gasteiger partial charge in [-0.1, -0.05) is 62.3 Å². The molecule has 2 aromatic carbocycles. The minimum Gasteiger partial charge on any atom is -0.507 e. The Kier molecular flexibility index (Phi) is 16.4. The summed E-state index contributed by atoms with van der Waals surface area (Å²) in [4.78, 5) is 49.9. The number of hydrogen-bond acceptors (Lipinski definition) is 18. The smallest absolute Gasteiger partial charge is 0.243 e. The van der Waals surface area contributed by atoms with Gasteiger partial charge in [-0.15, -0.1) is 21.5 Å². The van der Waals surface area contributed by atoms with Gasteiger partial charge in [0.25, 0.3) is 0 Å². The average Bonchev–Trinajstić information content (AvgIpc) is 4.40. The van der Waals surface area contributed by atoms with Gasteiger partial charge in [0.1, 0.15) is 23.8 Å². The Balaban J connectivity index is 0.567. The zero-order valence-electron chi connectivity index (χ0n) is 47.6. The number of aliphatic hydroxyl groups excluding tert-OH is 1. The van der Waals surface area contributed by atoms with Crippen LogP contribution in [0.3, 0.4) is 0 Å². The van der Waals surface area contributed by atoms with Crippen molar-refractivity contribution in [2.75, 3.05) is 72.8 Å². The van der Waals surface area contributed by atoms with Crippen LogP contribution in [0.1, 0.15) is 114 Å². The van der Waals surface area contributed by atoms with E-state index in [1.165, 1.54) is 0 Å². The highest BCUT2D eigenvalue weighted by Gasteiger charge is 2.45. The van der Waals surface area contributed by atoms with Crippen LogP contribution in [0.4, 0.5) is 23.0 Å². The molecule has 6 fully saturated rings. The van der Waals surface area contributed by atoms with Crippen LogP contribution in [-0.4, -0.2) is 152 Å². The number of piperidine rings is 2. The molecule has 12 rings (SSSR count). The molecule has 1 unspecified atom stereocenters. The van der Waals surface area contributed by atoms with Crippen LogP contribution in [-0.2, 0) is 14.3 Å². The molecule has 4 aromatic heterocycles. The number of phenolic OH excluding ortho intramolecular Hbond substituents is 1. The normalized spacial score (nSPS) is 24.2. The number of aromatic nitrogens is 5. The minimum absolute atomic E-state index is 0.0859. The zero-order valence-corrected chi connectivity index (χ0v) is 48.4. The van der Waals surface area contributed by atoms with Gasteiger partial charge in [0.2, 0.25) is 17.7 Å². The topological polar surface area (TPSA) is 225 Å². The molecule has 5 saturated heterocycles. The molecule has 5 N–H and O–H groups in total. The summed E-state index contributed by atoms with van der Waals surface area (Å²) in [7, 11) is 0. The van der Waals surface area contributed by atoms with Crippen molar-refractivity contribution in [2.24, 2.45) is 11.8 Å². The molecular weight excluding hydrogens is 1060 g/mol. The van der Waals surface area contributed by atoms with E-state index in [4.69, 9.17) is 19.7 Å². The number of ether oxygens (including phenoxy) is 2. The number of carbonyl (C=O) groups is 2. The number of β-amino-alcohol motifs (C(OH)–C–C–N with tert-alkyl or cyclic N) is 1. The van der Waals surface area contributed by atoms with Gasteiger partial charge < -0.3 is 59.8 Å². The first-order valence-corrected chi connectivity index (χ1v) is 30.7. The van der Waals surface area contributed by atoms with Gasteiger partial charge in [0, 0.05) is 113 Å². The van der Waals surface area contributed by atoms with E-state index in [0.29, 0.717) is 53.1 Å². The molecule has 6 atom stereocenters. The lowest BCUT2D eigenvalue weighted by atomic mass is 9.91. The maximum Gasteiger partial charge on any atom is 0.243 e. The Hall–Kier alpha value is -6.87. The lowest BCUT2D eigenvalue weighted by molar-refractivity contribution is -0.141. The van der Waals surface area contributed by atoms with Crippen LogP contribution in [0.25, 0.3) is 21.7 Å². The lowest BCUT2D eigenvalue weighted by Gasteiger charge is -2.43. The Morgan fingerprint density at radius 1 is 0.854 bits per heavy atom. The molecule has 6 aliphatic rings. The number of nitrogens with zero attached hydrogens (tertiary/aromatic N) is 10. The molecule has 5 aliphatic heterocycles. The quantitative estimate of drug-likeness (QED) is 0.0634. The van der Waals surface area contributed by atoms with Gasteiger partial charge in [-0.3, -0.25) is 9.59 Å². The summed E-state index contributed by atoms with van der Waals surface area (Å²) in [6, 6.07) is 23.0. The molecular formula is C62H78N12O7S. The average molecular weight is 1140 g/mol. The third kappa shape index (κ3) is 11.9. The number of pyridine rings is 1. The number of anilines is 4. The predicted octanol–water partition coefficient (Wildman–Crippen LogP) is 8.38. The van der Waals surface area contributed by atoms with Crippen molar-refractivity contribution >= 4 is 46.2 Å². The fourth-order valence-corrected chi connectivity index (χ4v) is 14.5. The van der Waals surface area contributed by atoms with E-state index >= 15 is 0 Å². The highest BCUT2D eigenvalue weighted by molar-refractivity contribution is 7.13. The molecule has 1 aliphatic carbocycles. The number of phenols is 1. The number of nitrogens with one attached hydrogen (secondary N) is 1. The van der Waals surface area contributed by atoms with Crippen molar-refractivity contribution in [3.63, 3.8) is 0 Å². The molecule has 1 saturated carbocycles. The second kappa shape index (κ2) is 24.1. The van der Waals surface area contributed by atoms with Gasteiger partial charge >= 0.3 is 0 Å². The predicted molar refractivity (Wildman–Crippen MR) is 316 cm³/mol. The Morgan fingerprint density at radius 3 is 2.32 bits per heavy atom. The van der Waals surface area contributed by atoms with Crippen LogP contribution < -0.4 is 30.5 Å². The van der Waals surface area contributed by atoms with Crippen LogP contribution in [0.2, 0.25) is 0 Å². The summed E-state index contributed by atoms with van der Waals surface area (Å²) in [5, 5.41) is 37.6. The third-order valence-electron chi connectivity index (χ3n) is 18.2. The molecule has 9 heterocycles. The van der Waals surface area contributed by atoms with Crippen LogP contribution in [0, 0.1) is 18.8 Å². The van der Waals surface area contributed by atoms with Crippen molar-refractivity contribution in [2.45, 2.75) is 146 Å². The molecule has 19 nitrogen and oxygen atoms in total. The van der Waals surface area contributed by atoms with Gasteiger partial charge in [-0.25, -0.2) is 9.97 Å². The second-order valence-electron chi connectivity index (χ2n) is 24.0. The van der Waals surface area contributed by atoms with E-state index in [2.05, 4.69) is 74.5 Å². The number of aliphatic hydroxyl groups is 1. The Morgan fingerprint density at radius 2 is 1.61 bits per heavy atom. The number of thiazole rings is 1. The van der Waals surface area contributed by atoms with E-state index in [1.807, 2.05) is 75.8 Å². The summed E-state index contributed by atoms with van der Waals surface area (Å²) in [6.45, 7) is 14.6. The Labute approximate surface area is 484 Å². The van der Waals surface area contributed by atoms with Crippen molar-refractivity contribution in [3.05, 3.63) is 102 Å². The molecule has 20 heteroatoms. The van der Waals surface area contributed by atoms with E-state index in [-0.39, 0.29) is 60.8 Å². The van der Waals surface area contributed by atoms with Gasteiger partial charge in [-0.05, 0) is 99.1 Å². The largest absolute Gasteiger partial charge is 0.507 e. The SMILES string of the molecule is CC[C@H](NC(=O)[C@@H]1C[C@@H](O)CN1C(=O)[C@@H](c1cc(N2CCC(CN3CCC(OC4CC(Oc5cc(N6C7CC[C@@H]6CN(c6cc(-c8ccccc8O)nnc6N)C7)ccn5)C4)CC3)CC2)no1)C(C)C)c1ccc(-c2scnc2C)cc1. The van der Waals surface area contributed by atoms with E-state index < -0.39 is 18.1 Å². The number of benzene rings is 2. The van der Waals surface area contributed by atoms with Crippen molar-refractivity contribution in [1.29, 1.82) is 0 Å². The van der Waals surface area contributed by atoms with E-state index in [9.17, 15) is 19.8 Å². The van der Waals surface area contributed by atoms with Crippen LogP contribution >= 0.6 is 11.3 Å². The first kappa shape index (κ1) is 55.7. The van der Waals surface area contributed by atoms with Crippen LogP contribution in [0.5, 0.6) is 11.6 Å². The van der Waals surface area contributed by atoms with Crippen molar-refractivity contribution < 1.29 is 33.8 Å². The maximum atomic E-state index is 14.5. The molecule has 0 spiro atoms. The standard InChI is InChI=1S/C62H78N12O7S/c1-5-50(40-10-12-41(13-11-40)59-38(4)65-36-82-59)66-61(77)53-27-45(75)35-73(53)62(78)58(37(2)3)55-31-56(69-81-55)71-24-17-39(18-25-71)32-70-22-19-46(20-23-70)79-47-28-48(29-47)80-57-26-42(16-21-64-57)74-43-14-15-44(74)34-72(33-43)52-30-51(67-68-60(52)63)49-8-6-7-9-54(49)76/h6-13,16,21,26,30-31,36-37,39,43-48,50,53,58,75-76H,5,14-15,17-20,22-25,27-29,32-35H2,1-4H3,(H2,63,68)(H,66,77)/t43-,44?,45-,47?,48?,50+,53+,58-/m1/s1. The fraction of sp³-hybridized carbons (Fsp3) is 0.532. The van der Waals surface area contributed by atoms with E-state index in [0.717, 1.165) is 136 Å². The first-order chi connectivity index (χ1) is 39.8. The van der Waals surface area contributed by atoms with Crippen LogP contribution in [0.15, 0.2) is 89.0 Å². The summed E-state index contributed by atoms with van der Waals surface area (Å²) in [5.74, 6) is 1.74. The number of para-hydroxylation sites is 1. The molecule has 2 amide bonds. The Bertz CT molecular complexity index is 3160. The molecule has 434 valence electrons. The van der Waals surface area contributed by atoms with Gasteiger partial charge in [0.05, 0.1) is 51.8 Å². The molecule has 6 aromatic rings. The highest BCUT2D eigenvalue weighted by Crippen LogP contribution is 2.41. The summed E-state index contributed by atoms with van der Waals surface area (Å²) in [6.07, 6.45) is 10.5. The number of aryl methyl sites for hydroxylation is 1. The van der Waals surface area contributed by atoms with Gasteiger partial charge in [-0.2, -0.15) is 0 Å². The second-order valence-corrected chi connectivity index (χ2v) is 24.9. The number of likely N-dealkylation sites (tertiary alicyclic amines) is 2. The summed E-state index contributed by atoms with van der Waals surface area (Å²) < 4.78 is 19.1. The summed E-state index contributed by atoms with van der Waals surface area (Å²) in [5.41, 5.74) is 14.5. The number of rotatable bonds is 18.